The molecule has 1 aromatic heterocycles. The van der Waals surface area contributed by atoms with Crippen molar-refractivity contribution in [3.63, 3.8) is 0 Å². The van der Waals surface area contributed by atoms with Crippen LogP contribution in [0.4, 0.5) is 14.5 Å². The molecule has 0 bridgehead atoms. The number of anilines is 1. The maximum Gasteiger partial charge on any atom is 0.227 e. The van der Waals surface area contributed by atoms with Gasteiger partial charge in [0.1, 0.15) is 11.6 Å². The summed E-state index contributed by atoms with van der Waals surface area (Å²) >= 11 is 0. The average Bonchev–Trinajstić information content (AvgIpc) is 3.05. The van der Waals surface area contributed by atoms with Gasteiger partial charge in [0.25, 0.3) is 0 Å². The van der Waals surface area contributed by atoms with Crippen LogP contribution in [0, 0.1) is 18.6 Å². The Hall–Kier alpha value is -3.09. The largest absolute Gasteiger partial charge is 0.339 e. The molecule has 1 amide bonds. The van der Waals surface area contributed by atoms with Crippen molar-refractivity contribution in [3.8, 4) is 11.4 Å². The molecule has 0 aliphatic carbocycles. The maximum absolute atomic E-state index is 13.1. The van der Waals surface area contributed by atoms with Crippen LogP contribution in [0.25, 0.3) is 11.4 Å². The summed E-state index contributed by atoms with van der Waals surface area (Å²) in [5, 5.41) is 6.54. The Morgan fingerprint density at radius 1 is 1.12 bits per heavy atom. The Bertz CT molecular complexity index is 892. The molecule has 0 aliphatic heterocycles. The van der Waals surface area contributed by atoms with Crippen molar-refractivity contribution >= 4 is 11.6 Å². The van der Waals surface area contributed by atoms with Crippen molar-refractivity contribution in [2.45, 2.75) is 19.8 Å². The summed E-state index contributed by atoms with van der Waals surface area (Å²) in [5.74, 6) is -0.291. The van der Waals surface area contributed by atoms with Crippen molar-refractivity contribution in [3.05, 3.63) is 65.6 Å². The van der Waals surface area contributed by atoms with Gasteiger partial charge in [0.2, 0.25) is 17.6 Å². The van der Waals surface area contributed by atoms with E-state index in [4.69, 9.17) is 4.52 Å². The minimum Gasteiger partial charge on any atom is -0.339 e. The van der Waals surface area contributed by atoms with E-state index in [1.165, 1.54) is 30.3 Å². The smallest absolute Gasteiger partial charge is 0.227 e. The van der Waals surface area contributed by atoms with Gasteiger partial charge in [0.05, 0.1) is 0 Å². The number of hydrogen-bond acceptors (Lipinski definition) is 4. The summed E-state index contributed by atoms with van der Waals surface area (Å²) in [6.07, 6.45) is 0.405. The highest BCUT2D eigenvalue weighted by atomic mass is 19.1. The fourth-order valence-electron chi connectivity index (χ4n) is 2.27. The summed E-state index contributed by atoms with van der Waals surface area (Å²) in [4.78, 5) is 16.2. The van der Waals surface area contributed by atoms with Crippen LogP contribution < -0.4 is 5.32 Å². The van der Waals surface area contributed by atoms with Crippen molar-refractivity contribution in [1.29, 1.82) is 0 Å². The van der Waals surface area contributed by atoms with E-state index in [2.05, 4.69) is 15.5 Å². The number of rotatable bonds is 5. The summed E-state index contributed by atoms with van der Waals surface area (Å²) in [7, 11) is 0. The minimum absolute atomic E-state index is 0.141. The molecular weight excluding hydrogens is 328 g/mol. The number of carbonyl (C=O) groups excluding carboxylic acids is 1. The zero-order chi connectivity index (χ0) is 17.8. The van der Waals surface area contributed by atoms with Gasteiger partial charge in [-0.05, 0) is 55.0 Å². The van der Waals surface area contributed by atoms with Crippen molar-refractivity contribution < 1.29 is 18.1 Å². The van der Waals surface area contributed by atoms with Crippen molar-refractivity contribution in [1.82, 2.24) is 10.1 Å². The summed E-state index contributed by atoms with van der Waals surface area (Å²) in [6, 6.07) is 9.87. The third kappa shape index (κ3) is 4.26. The fraction of sp³-hybridized carbons (Fsp3) is 0.167. The van der Waals surface area contributed by atoms with Gasteiger partial charge in [-0.15, -0.1) is 0 Å². The molecule has 3 aromatic rings. The van der Waals surface area contributed by atoms with Gasteiger partial charge in [-0.25, -0.2) is 8.78 Å². The van der Waals surface area contributed by atoms with Gasteiger partial charge in [-0.1, -0.05) is 5.16 Å². The lowest BCUT2D eigenvalue weighted by Crippen LogP contribution is -2.13. The number of amides is 1. The van der Waals surface area contributed by atoms with E-state index in [9.17, 15) is 13.6 Å². The van der Waals surface area contributed by atoms with E-state index in [-0.39, 0.29) is 30.4 Å². The van der Waals surface area contributed by atoms with E-state index < -0.39 is 0 Å². The second kappa shape index (κ2) is 7.21. The first kappa shape index (κ1) is 16.8. The minimum atomic E-state index is -0.352. The Labute approximate surface area is 142 Å². The zero-order valence-electron chi connectivity index (χ0n) is 13.4. The quantitative estimate of drug-likeness (QED) is 0.763. The molecule has 5 nitrogen and oxygen atoms in total. The first-order chi connectivity index (χ1) is 12.0. The number of hydrogen-bond donors (Lipinski definition) is 1. The van der Waals surface area contributed by atoms with Crippen LogP contribution in [0.15, 0.2) is 47.0 Å². The van der Waals surface area contributed by atoms with E-state index in [0.717, 1.165) is 0 Å². The van der Waals surface area contributed by atoms with Crippen LogP contribution in [-0.2, 0) is 11.2 Å². The number of nitrogens with zero attached hydrogens (tertiary/aromatic N) is 2. The number of nitrogens with one attached hydrogen (secondary N) is 1. The number of benzene rings is 2. The molecule has 1 heterocycles. The Morgan fingerprint density at radius 3 is 2.56 bits per heavy atom. The van der Waals surface area contributed by atoms with E-state index >= 15 is 0 Å². The standard InChI is InChI=1S/C18H15F2N3O2/c1-11-10-14(20)6-7-15(11)21-16(24)8-9-17-22-18(23-25-17)12-2-4-13(19)5-3-12/h2-7,10H,8-9H2,1H3,(H,21,24). The fourth-order valence-corrected chi connectivity index (χ4v) is 2.27. The number of aryl methyl sites for hydroxylation is 2. The molecule has 0 saturated heterocycles. The first-order valence-corrected chi connectivity index (χ1v) is 7.66. The number of carbonyl (C=O) groups is 1. The van der Waals surface area contributed by atoms with Crippen molar-refractivity contribution in [2.75, 3.05) is 5.32 Å². The van der Waals surface area contributed by atoms with Crippen LogP contribution in [0.2, 0.25) is 0 Å². The highest BCUT2D eigenvalue weighted by molar-refractivity contribution is 5.91. The summed E-state index contributed by atoms with van der Waals surface area (Å²) < 4.78 is 31.1. The molecule has 2 aromatic carbocycles. The number of aromatic nitrogens is 2. The van der Waals surface area contributed by atoms with Crippen LogP contribution >= 0.6 is 0 Å². The highest BCUT2D eigenvalue weighted by Gasteiger charge is 2.12. The normalized spacial score (nSPS) is 10.7. The van der Waals surface area contributed by atoms with Gasteiger partial charge < -0.3 is 9.84 Å². The predicted octanol–water partition coefficient (Wildman–Crippen LogP) is 3.89. The molecule has 0 fully saturated rings. The Morgan fingerprint density at radius 2 is 1.84 bits per heavy atom. The van der Waals surface area contributed by atoms with Gasteiger partial charge in [-0.2, -0.15) is 4.98 Å². The lowest BCUT2D eigenvalue weighted by molar-refractivity contribution is -0.116. The monoisotopic (exact) mass is 343 g/mol. The van der Waals surface area contributed by atoms with E-state index in [1.807, 2.05) is 0 Å². The molecule has 128 valence electrons. The van der Waals surface area contributed by atoms with E-state index in [0.29, 0.717) is 28.5 Å². The summed E-state index contributed by atoms with van der Waals surface area (Å²) in [5.41, 5.74) is 1.83. The third-order valence-electron chi connectivity index (χ3n) is 3.60. The third-order valence-corrected chi connectivity index (χ3v) is 3.60. The van der Waals surface area contributed by atoms with Gasteiger partial charge >= 0.3 is 0 Å². The lowest BCUT2D eigenvalue weighted by atomic mass is 10.2. The first-order valence-electron chi connectivity index (χ1n) is 7.66. The summed E-state index contributed by atoms with van der Waals surface area (Å²) in [6.45, 7) is 1.71. The molecule has 3 rings (SSSR count). The molecule has 0 atom stereocenters. The lowest BCUT2D eigenvalue weighted by Gasteiger charge is -2.07. The second-order valence-corrected chi connectivity index (χ2v) is 5.53. The van der Waals surface area contributed by atoms with Gasteiger partial charge in [-0.3, -0.25) is 4.79 Å². The van der Waals surface area contributed by atoms with Crippen LogP contribution in [0.1, 0.15) is 17.9 Å². The molecular formula is C18H15F2N3O2. The molecule has 0 unspecified atom stereocenters. The second-order valence-electron chi connectivity index (χ2n) is 5.53. The molecule has 0 saturated carbocycles. The SMILES string of the molecule is Cc1cc(F)ccc1NC(=O)CCc1nc(-c2ccc(F)cc2)no1. The molecule has 0 spiro atoms. The molecule has 0 radical (unpaired) electrons. The maximum atomic E-state index is 13.1. The highest BCUT2D eigenvalue weighted by Crippen LogP contribution is 2.18. The average molecular weight is 343 g/mol. The topological polar surface area (TPSA) is 68.0 Å². The van der Waals surface area contributed by atoms with Crippen LogP contribution in [-0.4, -0.2) is 16.0 Å². The molecule has 25 heavy (non-hydrogen) atoms. The Kier molecular flexibility index (Phi) is 4.83. The van der Waals surface area contributed by atoms with Crippen molar-refractivity contribution in [2.24, 2.45) is 0 Å². The molecule has 7 heteroatoms. The zero-order valence-corrected chi connectivity index (χ0v) is 13.4. The molecule has 1 N–H and O–H groups in total. The van der Waals surface area contributed by atoms with Crippen LogP contribution in [0.5, 0.6) is 0 Å². The van der Waals surface area contributed by atoms with Gasteiger partial charge in [0, 0.05) is 24.1 Å². The predicted molar refractivity (Wildman–Crippen MR) is 87.8 cm³/mol. The van der Waals surface area contributed by atoms with Gasteiger partial charge in [0.15, 0.2) is 0 Å². The van der Waals surface area contributed by atoms with Crippen LogP contribution in [0.3, 0.4) is 0 Å². The van der Waals surface area contributed by atoms with E-state index in [1.54, 1.807) is 19.1 Å². The number of halogens is 2. The molecule has 0 aliphatic rings. The Balaban J connectivity index is 1.58.